The molecule has 4 aliphatic rings. The quantitative estimate of drug-likeness (QED) is 0.250. The van der Waals surface area contributed by atoms with Gasteiger partial charge in [0.15, 0.2) is 5.72 Å². The fourth-order valence-electron chi connectivity index (χ4n) is 7.02. The Kier molecular flexibility index (Phi) is 13.1. The number of halogens is 1. The number of aliphatic hydroxyl groups is 1. The number of benzene rings is 1. The number of methoxy groups -OCH3 is 2. The zero-order valence-corrected chi connectivity index (χ0v) is 33.0. The number of thiol groups is 1. The number of likely N-dealkylation sites (N-methyl/N-ethyl adjacent to an activating group) is 1. The van der Waals surface area contributed by atoms with E-state index in [4.69, 9.17) is 35.3 Å². The van der Waals surface area contributed by atoms with E-state index in [1.54, 1.807) is 52.1 Å². The molecule has 6 bridgehead atoms. The van der Waals surface area contributed by atoms with Crippen molar-refractivity contribution in [3.8, 4) is 5.75 Å². The van der Waals surface area contributed by atoms with Gasteiger partial charge in [-0.25, -0.2) is 9.59 Å². The number of alkyl carbamates (subject to hydrolysis) is 1. The highest BCUT2D eigenvalue weighted by Gasteiger charge is 2.63. The van der Waals surface area contributed by atoms with Crippen molar-refractivity contribution < 1.29 is 48.0 Å². The van der Waals surface area contributed by atoms with Crippen molar-refractivity contribution in [3.05, 3.63) is 46.5 Å². The third-order valence-electron chi connectivity index (χ3n) is 10.2. The molecule has 15 heteroatoms. The van der Waals surface area contributed by atoms with Gasteiger partial charge in [-0.05, 0) is 63.5 Å². The van der Waals surface area contributed by atoms with Crippen LogP contribution in [-0.2, 0) is 39.8 Å². The van der Waals surface area contributed by atoms with Gasteiger partial charge in [-0.1, -0.05) is 42.3 Å². The van der Waals surface area contributed by atoms with Gasteiger partial charge in [0.1, 0.15) is 46.3 Å². The molecule has 13 nitrogen and oxygen atoms in total. The number of anilines is 1. The topological polar surface area (TPSA) is 153 Å². The maximum atomic E-state index is 14.1. The van der Waals surface area contributed by atoms with Crippen LogP contribution in [0, 0.1) is 0 Å². The van der Waals surface area contributed by atoms with Gasteiger partial charge in [0, 0.05) is 40.5 Å². The van der Waals surface area contributed by atoms with Gasteiger partial charge in [-0.3, -0.25) is 14.9 Å². The minimum atomic E-state index is -1.85. The number of carbonyl (C=O) groups excluding carboxylic acids is 4. The van der Waals surface area contributed by atoms with Crippen molar-refractivity contribution >= 4 is 53.8 Å². The summed E-state index contributed by atoms with van der Waals surface area (Å²) < 4.78 is 29.4. The summed E-state index contributed by atoms with van der Waals surface area (Å²) in [6.45, 7) is 8.79. The van der Waals surface area contributed by atoms with E-state index < -0.39 is 59.3 Å². The van der Waals surface area contributed by atoms with Crippen LogP contribution < -0.4 is 15.0 Å². The summed E-state index contributed by atoms with van der Waals surface area (Å²) in [5, 5.41) is 14.5. The number of hydrogen-bond donors (Lipinski definition) is 3. The van der Waals surface area contributed by atoms with Gasteiger partial charge in [-0.2, -0.15) is 12.6 Å². The first kappa shape index (κ1) is 41.5. The zero-order chi connectivity index (χ0) is 38.8. The molecule has 2 N–H and O–H groups in total. The molecule has 4 aliphatic heterocycles. The standard InChI is InChI=1S/C37H52ClN3O10S/c1-21-11-10-12-27(48-9)37(46)19-29(50-34(45)39-37)36(5)20-35(4,51-36)28(49-33(44)23(3)40(6)30(42)14-13-22(2)52)18-31(43)41(7)25-16-24(15-21)17-26(47-8)32(25)38/h10-12,16-17,22-23,27-29,46,52H,13-15,18-20H2,1-9H3,(H,39,45)/b12-10+,21-11+/t22?,23-,27+,28-,29-,35+,36?,37-/m0/s1. The largest absolute Gasteiger partial charge is 0.495 e. The molecule has 1 aromatic carbocycles. The molecule has 3 amide bonds. The minimum absolute atomic E-state index is 0.00556. The van der Waals surface area contributed by atoms with Crippen LogP contribution in [0.4, 0.5) is 10.5 Å². The highest BCUT2D eigenvalue weighted by molar-refractivity contribution is 7.80. The number of fused-ring (bicyclic) bond motifs is 6. The van der Waals surface area contributed by atoms with Crippen LogP contribution in [0.15, 0.2) is 35.9 Å². The number of esters is 1. The van der Waals surface area contributed by atoms with Gasteiger partial charge in [0.2, 0.25) is 11.8 Å². The third kappa shape index (κ3) is 9.07. The average molecular weight is 766 g/mol. The molecule has 288 valence electrons. The highest BCUT2D eigenvalue weighted by Crippen LogP contribution is 2.50. The molecule has 1 aromatic rings. The first-order valence-electron chi connectivity index (χ1n) is 17.3. The first-order chi connectivity index (χ1) is 24.3. The van der Waals surface area contributed by atoms with Gasteiger partial charge in [-0.15, -0.1) is 0 Å². The van der Waals surface area contributed by atoms with E-state index in [0.717, 1.165) is 11.1 Å². The minimum Gasteiger partial charge on any atom is -0.495 e. The van der Waals surface area contributed by atoms with Crippen molar-refractivity contribution in [2.75, 3.05) is 33.2 Å². The van der Waals surface area contributed by atoms with Gasteiger partial charge < -0.3 is 38.6 Å². The smallest absolute Gasteiger partial charge is 0.409 e. The second kappa shape index (κ2) is 16.4. The fourth-order valence-corrected chi connectivity index (χ4v) is 7.46. The van der Waals surface area contributed by atoms with Crippen LogP contribution in [0.25, 0.3) is 0 Å². The van der Waals surface area contributed by atoms with Crippen molar-refractivity contribution in [1.82, 2.24) is 10.2 Å². The summed E-state index contributed by atoms with van der Waals surface area (Å²) in [5.41, 5.74) is -2.12. The molecule has 52 heavy (non-hydrogen) atoms. The Morgan fingerprint density at radius 3 is 2.50 bits per heavy atom. The van der Waals surface area contributed by atoms with Crippen LogP contribution in [0.1, 0.15) is 72.3 Å². The lowest BCUT2D eigenvalue weighted by Gasteiger charge is -2.59. The summed E-state index contributed by atoms with van der Waals surface area (Å²) in [5.74, 6) is -1.04. The van der Waals surface area contributed by atoms with E-state index in [9.17, 15) is 24.3 Å². The number of allylic oxidation sites excluding steroid dienone is 3. The SMILES string of the molecule is COc1cc2cc(c1Cl)N(C)C(=O)C[C@H](OC(=O)[C@H](C)N(C)C(=O)CCC(C)S)[C@@]1(C)CC(C)(O1)[C@@H]1C[C@@](O)(NC(=O)O1)[C@H](OC)/C=C/C=C(\C)C2. The Hall–Kier alpha value is -3.30. The Morgan fingerprint density at radius 2 is 1.88 bits per heavy atom. The summed E-state index contributed by atoms with van der Waals surface area (Å²) in [4.78, 5) is 56.2. The summed E-state index contributed by atoms with van der Waals surface area (Å²) >= 11 is 11.1. The number of amides is 3. The van der Waals surface area contributed by atoms with Crippen LogP contribution >= 0.6 is 24.2 Å². The van der Waals surface area contributed by atoms with Gasteiger partial charge in [0.05, 0.1) is 19.2 Å². The van der Waals surface area contributed by atoms with Crippen molar-refractivity contribution in [3.63, 3.8) is 0 Å². The summed E-state index contributed by atoms with van der Waals surface area (Å²) in [6, 6.07) is 2.60. The predicted octanol–water partition coefficient (Wildman–Crippen LogP) is 4.76. The predicted molar refractivity (Wildman–Crippen MR) is 199 cm³/mol. The Balaban J connectivity index is 1.75. The summed E-state index contributed by atoms with van der Waals surface area (Å²) in [7, 11) is 6.01. The van der Waals surface area contributed by atoms with Crippen LogP contribution in [0.5, 0.6) is 5.75 Å². The molecule has 2 saturated heterocycles. The lowest BCUT2D eigenvalue weighted by atomic mass is 9.72. The van der Waals surface area contributed by atoms with E-state index in [0.29, 0.717) is 24.3 Å². The number of ether oxygens (including phenoxy) is 5. The lowest BCUT2D eigenvalue weighted by molar-refractivity contribution is -0.328. The van der Waals surface area contributed by atoms with Gasteiger partial charge >= 0.3 is 12.1 Å². The Morgan fingerprint density at radius 1 is 1.21 bits per heavy atom. The third-order valence-corrected chi connectivity index (χ3v) is 10.9. The van der Waals surface area contributed by atoms with E-state index in [-0.39, 0.29) is 41.9 Å². The maximum Gasteiger partial charge on any atom is 0.409 e. The first-order valence-corrected chi connectivity index (χ1v) is 18.2. The molecular weight excluding hydrogens is 714 g/mol. The number of carbonyl (C=O) groups is 4. The molecule has 4 heterocycles. The number of nitrogens with one attached hydrogen (secondary N) is 1. The second-order valence-electron chi connectivity index (χ2n) is 14.6. The molecule has 8 atom stereocenters. The van der Waals surface area contributed by atoms with Crippen LogP contribution in [0.3, 0.4) is 0 Å². The number of nitrogens with zero attached hydrogens (tertiary/aromatic N) is 2. The average Bonchev–Trinajstić information content (AvgIpc) is 3.06. The van der Waals surface area contributed by atoms with E-state index in [1.165, 1.54) is 31.1 Å². The van der Waals surface area contributed by atoms with Crippen molar-refractivity contribution in [2.24, 2.45) is 0 Å². The Labute approximate surface area is 316 Å². The molecule has 0 radical (unpaired) electrons. The molecular formula is C37H52ClN3O10S. The number of rotatable bonds is 8. The molecule has 0 saturated carbocycles. The Bertz CT molecular complexity index is 1590. The van der Waals surface area contributed by atoms with Crippen molar-refractivity contribution in [1.29, 1.82) is 0 Å². The zero-order valence-electron chi connectivity index (χ0n) is 31.4. The molecule has 2 fully saturated rings. The maximum absolute atomic E-state index is 14.1. The second-order valence-corrected chi connectivity index (χ2v) is 15.8. The highest BCUT2D eigenvalue weighted by atomic mass is 35.5. The van der Waals surface area contributed by atoms with Gasteiger partial charge in [0.25, 0.3) is 0 Å². The monoisotopic (exact) mass is 765 g/mol. The summed E-state index contributed by atoms with van der Waals surface area (Å²) in [6.07, 6.45) is 2.29. The fraction of sp³-hybridized carbons (Fsp3) is 0.622. The lowest BCUT2D eigenvalue weighted by Crippen LogP contribution is -2.72. The molecule has 0 aromatic heterocycles. The molecule has 2 unspecified atom stereocenters. The van der Waals surface area contributed by atoms with E-state index >= 15 is 0 Å². The normalized spacial score (nSPS) is 32.2. The van der Waals surface area contributed by atoms with Crippen LogP contribution in [-0.4, -0.2) is 109 Å². The van der Waals surface area contributed by atoms with E-state index in [2.05, 4.69) is 17.9 Å². The van der Waals surface area contributed by atoms with Crippen molar-refractivity contribution in [2.45, 2.75) is 120 Å². The van der Waals surface area contributed by atoms with E-state index in [1.807, 2.05) is 19.9 Å². The molecule has 0 spiro atoms. The number of hydrogen-bond acceptors (Lipinski definition) is 11. The molecule has 5 rings (SSSR count). The molecule has 0 aliphatic carbocycles. The van der Waals surface area contributed by atoms with Crippen LogP contribution in [0.2, 0.25) is 5.02 Å².